The van der Waals surface area contributed by atoms with Crippen molar-refractivity contribution in [3.05, 3.63) is 113 Å². The molecule has 0 heterocycles. The fourth-order valence-electron chi connectivity index (χ4n) is 3.28. The van der Waals surface area contributed by atoms with Crippen LogP contribution >= 0.6 is 0 Å². The van der Waals surface area contributed by atoms with Gasteiger partial charge in [0.05, 0.1) is 0 Å². The first-order valence-electron chi connectivity index (χ1n) is 10.7. The highest BCUT2D eigenvalue weighted by molar-refractivity contribution is 6.04. The smallest absolute Gasteiger partial charge is 0.320 e. The molecule has 0 bridgehead atoms. The van der Waals surface area contributed by atoms with Crippen LogP contribution in [0.2, 0.25) is 0 Å². The van der Waals surface area contributed by atoms with Gasteiger partial charge in [0.15, 0.2) is 0 Å². The molecule has 7 nitrogen and oxygen atoms in total. The number of benzene rings is 3. The monoisotopic (exact) mass is 479 g/mol. The summed E-state index contributed by atoms with van der Waals surface area (Å²) in [5.74, 6) is -3.97. The van der Waals surface area contributed by atoms with E-state index in [-0.39, 0.29) is 13.1 Å². The highest BCUT2D eigenvalue weighted by Gasteiger charge is 2.22. The van der Waals surface area contributed by atoms with Gasteiger partial charge in [0.25, 0.3) is 11.8 Å². The lowest BCUT2D eigenvalue weighted by Gasteiger charge is -2.23. The van der Waals surface area contributed by atoms with Crippen molar-refractivity contribution in [1.82, 2.24) is 15.7 Å². The maximum Gasteiger partial charge on any atom is 0.324 e. The van der Waals surface area contributed by atoms with E-state index in [1.807, 2.05) is 30.3 Å². The van der Waals surface area contributed by atoms with Crippen molar-refractivity contribution in [2.75, 3.05) is 6.54 Å². The van der Waals surface area contributed by atoms with E-state index in [0.29, 0.717) is 12.0 Å². The molecule has 180 valence electrons. The Morgan fingerprint density at radius 2 is 1.51 bits per heavy atom. The van der Waals surface area contributed by atoms with Crippen LogP contribution in [0.15, 0.2) is 78.9 Å². The number of imide groups is 1. The maximum absolute atomic E-state index is 14.0. The van der Waals surface area contributed by atoms with Crippen molar-refractivity contribution in [1.29, 1.82) is 0 Å². The molecule has 3 N–H and O–H groups in total. The third-order valence-corrected chi connectivity index (χ3v) is 5.10. The van der Waals surface area contributed by atoms with Crippen LogP contribution in [0.25, 0.3) is 6.08 Å². The zero-order chi connectivity index (χ0) is 25.2. The van der Waals surface area contributed by atoms with Gasteiger partial charge < -0.3 is 4.90 Å². The van der Waals surface area contributed by atoms with Crippen molar-refractivity contribution in [2.24, 2.45) is 0 Å². The number of nitrogens with zero attached hydrogens (tertiary/aromatic N) is 1. The summed E-state index contributed by atoms with van der Waals surface area (Å²) in [6, 6.07) is 18.5. The van der Waals surface area contributed by atoms with Gasteiger partial charge in [-0.15, -0.1) is 0 Å². The highest BCUT2D eigenvalue weighted by atomic mass is 19.1. The van der Waals surface area contributed by atoms with Crippen LogP contribution < -0.4 is 10.8 Å². The van der Waals surface area contributed by atoms with Gasteiger partial charge in [-0.25, -0.2) is 19.1 Å². The van der Waals surface area contributed by atoms with E-state index in [4.69, 9.17) is 5.21 Å². The molecule has 0 aliphatic carbocycles. The fraction of sp³-hybridized carbons (Fsp3) is 0.115. The largest absolute Gasteiger partial charge is 0.324 e. The number of hydroxylamine groups is 1. The van der Waals surface area contributed by atoms with E-state index in [9.17, 15) is 23.2 Å². The first kappa shape index (κ1) is 25.3. The molecule has 0 radical (unpaired) electrons. The van der Waals surface area contributed by atoms with Gasteiger partial charge in [-0.05, 0) is 41.3 Å². The molecule has 0 aromatic heterocycles. The second-order valence-electron chi connectivity index (χ2n) is 7.56. The minimum atomic E-state index is -1.17. The van der Waals surface area contributed by atoms with Crippen molar-refractivity contribution in [3.63, 3.8) is 0 Å². The molecule has 0 atom stereocenters. The topological polar surface area (TPSA) is 98.7 Å². The lowest BCUT2D eigenvalue weighted by Crippen LogP contribution is -2.43. The predicted molar refractivity (Wildman–Crippen MR) is 125 cm³/mol. The predicted octanol–water partition coefficient (Wildman–Crippen LogP) is 4.08. The molecule has 0 aliphatic rings. The van der Waals surface area contributed by atoms with Gasteiger partial charge in [0, 0.05) is 19.2 Å². The maximum atomic E-state index is 14.0. The Hall–Kier alpha value is -4.37. The summed E-state index contributed by atoms with van der Waals surface area (Å²) >= 11 is 0. The first-order valence-corrected chi connectivity index (χ1v) is 10.7. The van der Waals surface area contributed by atoms with Crippen molar-refractivity contribution >= 4 is 23.9 Å². The van der Waals surface area contributed by atoms with Crippen LogP contribution in [-0.2, 0) is 17.8 Å². The Bertz CT molecular complexity index is 1190. The molecular weight excluding hydrogens is 456 g/mol. The van der Waals surface area contributed by atoms with E-state index < -0.39 is 35.0 Å². The van der Waals surface area contributed by atoms with Crippen LogP contribution in [0, 0.1) is 11.6 Å². The molecule has 0 fully saturated rings. The summed E-state index contributed by atoms with van der Waals surface area (Å²) in [4.78, 5) is 37.8. The van der Waals surface area contributed by atoms with Gasteiger partial charge in [0.2, 0.25) is 0 Å². The lowest BCUT2D eigenvalue weighted by molar-refractivity contribution is -0.124. The molecule has 0 unspecified atom stereocenters. The molecule has 0 spiro atoms. The number of rotatable bonds is 8. The average Bonchev–Trinajstić information content (AvgIpc) is 2.86. The summed E-state index contributed by atoms with van der Waals surface area (Å²) in [7, 11) is 0. The molecule has 3 aromatic carbocycles. The van der Waals surface area contributed by atoms with E-state index in [0.717, 1.165) is 35.4 Å². The minimum absolute atomic E-state index is 0.118. The Labute approximate surface area is 200 Å². The van der Waals surface area contributed by atoms with Crippen molar-refractivity contribution < 1.29 is 28.4 Å². The molecule has 0 saturated carbocycles. The Morgan fingerprint density at radius 3 is 2.14 bits per heavy atom. The van der Waals surface area contributed by atoms with Crippen molar-refractivity contribution in [2.45, 2.75) is 13.0 Å². The summed E-state index contributed by atoms with van der Waals surface area (Å²) in [5.41, 5.74) is 3.05. The molecule has 0 saturated heterocycles. The number of nitrogens with one attached hydrogen (secondary N) is 2. The molecule has 35 heavy (non-hydrogen) atoms. The van der Waals surface area contributed by atoms with E-state index in [1.165, 1.54) is 16.5 Å². The van der Waals surface area contributed by atoms with Gasteiger partial charge in [-0.2, -0.15) is 0 Å². The third-order valence-electron chi connectivity index (χ3n) is 5.10. The van der Waals surface area contributed by atoms with E-state index in [1.54, 1.807) is 24.3 Å². The Morgan fingerprint density at radius 1 is 0.857 bits per heavy atom. The average molecular weight is 479 g/mol. The number of hydrogen-bond acceptors (Lipinski definition) is 4. The Balaban J connectivity index is 1.75. The lowest BCUT2D eigenvalue weighted by atomic mass is 10.1. The molecular formula is C26H23F2N3O4. The van der Waals surface area contributed by atoms with E-state index in [2.05, 4.69) is 5.32 Å². The van der Waals surface area contributed by atoms with E-state index >= 15 is 0 Å². The van der Waals surface area contributed by atoms with Gasteiger partial charge in [-0.3, -0.25) is 20.1 Å². The van der Waals surface area contributed by atoms with Crippen LogP contribution in [0.3, 0.4) is 0 Å². The van der Waals surface area contributed by atoms with Crippen LogP contribution in [0.4, 0.5) is 13.6 Å². The number of halogens is 2. The molecule has 3 aromatic rings. The minimum Gasteiger partial charge on any atom is -0.320 e. The Kier molecular flexibility index (Phi) is 8.80. The molecule has 3 rings (SSSR count). The number of urea groups is 1. The van der Waals surface area contributed by atoms with Crippen LogP contribution in [0.1, 0.15) is 27.0 Å². The standard InChI is InChI=1S/C26H23F2N3O4/c27-21-7-4-8-22(28)24(21)25(33)29-26(34)31(16-15-18-5-2-1-3-6-18)17-20-11-9-19(10-12-20)13-14-23(32)30-35/h1-14,35H,15-17H2,(H,30,32)(H,29,33,34)/b14-13+. The van der Waals surface area contributed by atoms with Gasteiger partial charge >= 0.3 is 6.03 Å². The quantitative estimate of drug-likeness (QED) is 0.258. The zero-order valence-corrected chi connectivity index (χ0v) is 18.6. The SMILES string of the molecule is O=C(/C=C/c1ccc(CN(CCc2ccccc2)C(=O)NC(=O)c2c(F)cccc2F)cc1)NO. The van der Waals surface area contributed by atoms with Crippen LogP contribution in [0.5, 0.6) is 0 Å². The van der Waals surface area contributed by atoms with Gasteiger partial charge in [-0.1, -0.05) is 60.7 Å². The highest BCUT2D eigenvalue weighted by Crippen LogP contribution is 2.14. The number of carbonyl (C=O) groups excluding carboxylic acids is 3. The zero-order valence-electron chi connectivity index (χ0n) is 18.6. The molecule has 9 heteroatoms. The van der Waals surface area contributed by atoms with Gasteiger partial charge in [0.1, 0.15) is 17.2 Å². The third kappa shape index (κ3) is 7.31. The van der Waals surface area contributed by atoms with Crippen LogP contribution in [-0.4, -0.2) is 34.5 Å². The number of carbonyl (C=O) groups is 3. The summed E-state index contributed by atoms with van der Waals surface area (Å²) in [6.07, 6.45) is 3.15. The second-order valence-corrected chi connectivity index (χ2v) is 7.56. The fourth-order valence-corrected chi connectivity index (χ4v) is 3.28. The normalized spacial score (nSPS) is 10.7. The summed E-state index contributed by atoms with van der Waals surface area (Å²) < 4.78 is 27.9. The first-order chi connectivity index (χ1) is 16.9. The second kappa shape index (κ2) is 12.2. The van der Waals surface area contributed by atoms with Crippen molar-refractivity contribution in [3.8, 4) is 0 Å². The molecule has 0 aliphatic heterocycles. The molecule has 4 amide bonds. The number of hydrogen-bond donors (Lipinski definition) is 3. The summed E-state index contributed by atoms with van der Waals surface area (Å²) in [5, 5.41) is 10.6. The number of amides is 4. The summed E-state index contributed by atoms with van der Waals surface area (Å²) in [6.45, 7) is 0.355.